The molecule has 3 heterocycles. The number of hydrogen-bond acceptors (Lipinski definition) is 7. The van der Waals surface area contributed by atoms with Crippen molar-refractivity contribution in [3.63, 3.8) is 0 Å². The van der Waals surface area contributed by atoms with Gasteiger partial charge in [0.25, 0.3) is 5.56 Å². The summed E-state index contributed by atoms with van der Waals surface area (Å²) in [6.07, 6.45) is 3.22. The van der Waals surface area contributed by atoms with Crippen molar-refractivity contribution in [1.82, 2.24) is 25.2 Å². The van der Waals surface area contributed by atoms with Gasteiger partial charge in [0.15, 0.2) is 5.82 Å². The normalized spacial score (nSPS) is 13.2. The van der Waals surface area contributed by atoms with Gasteiger partial charge in [-0.1, -0.05) is 36.3 Å². The smallest absolute Gasteiger partial charge is 0.269 e. The molecule has 0 atom stereocenters. The number of aryl methyl sites for hydroxylation is 1. The summed E-state index contributed by atoms with van der Waals surface area (Å²) in [6.45, 7) is 3.43. The summed E-state index contributed by atoms with van der Waals surface area (Å²) in [7, 11) is 0. The number of nitrogens with zero attached hydrogens (tertiary/aromatic N) is 5. The first-order valence-electron chi connectivity index (χ1n) is 9.59. The Morgan fingerprint density at radius 2 is 2.10 bits per heavy atom. The van der Waals surface area contributed by atoms with Crippen molar-refractivity contribution in [1.29, 1.82) is 0 Å². The minimum absolute atomic E-state index is 0.117. The standard InChI is InChI=1S/C20H22N6O3/c1-2-17-23-19(29-24-17)11-21-18(27)13-26-20(28)9-16(10-22-26)25-8-7-14-5-3-4-6-15(14)12-25/h3-6,9-10H,2,7-8,11-13H2,1H3,(H,21,27). The third kappa shape index (κ3) is 4.34. The van der Waals surface area contributed by atoms with E-state index in [0.29, 0.717) is 18.1 Å². The maximum absolute atomic E-state index is 12.4. The molecule has 0 saturated carbocycles. The molecule has 9 nitrogen and oxygen atoms in total. The lowest BCUT2D eigenvalue weighted by Gasteiger charge is -2.30. The van der Waals surface area contributed by atoms with E-state index in [1.165, 1.54) is 17.2 Å². The Bertz CT molecular complexity index is 1070. The minimum atomic E-state index is -0.351. The van der Waals surface area contributed by atoms with Gasteiger partial charge in [0, 0.05) is 25.6 Å². The zero-order valence-electron chi connectivity index (χ0n) is 16.2. The second kappa shape index (κ2) is 8.26. The topological polar surface area (TPSA) is 106 Å². The van der Waals surface area contributed by atoms with Crippen LogP contribution < -0.4 is 15.8 Å². The molecule has 1 aromatic carbocycles. The highest BCUT2D eigenvalue weighted by molar-refractivity contribution is 5.75. The first-order chi connectivity index (χ1) is 14.1. The fourth-order valence-corrected chi connectivity index (χ4v) is 3.30. The number of anilines is 1. The number of benzene rings is 1. The second-order valence-electron chi connectivity index (χ2n) is 6.88. The molecule has 2 aromatic heterocycles. The van der Waals surface area contributed by atoms with E-state index in [1.807, 2.05) is 19.1 Å². The minimum Gasteiger partial charge on any atom is -0.365 e. The quantitative estimate of drug-likeness (QED) is 0.666. The molecule has 0 aliphatic carbocycles. The number of aromatic nitrogens is 4. The van der Waals surface area contributed by atoms with Gasteiger partial charge in [-0.3, -0.25) is 9.59 Å². The van der Waals surface area contributed by atoms with Crippen LogP contribution in [0.5, 0.6) is 0 Å². The summed E-state index contributed by atoms with van der Waals surface area (Å²) in [5.41, 5.74) is 3.05. The zero-order valence-corrected chi connectivity index (χ0v) is 16.2. The monoisotopic (exact) mass is 394 g/mol. The zero-order chi connectivity index (χ0) is 20.2. The van der Waals surface area contributed by atoms with Gasteiger partial charge in [0.05, 0.1) is 18.4 Å². The lowest BCUT2D eigenvalue weighted by molar-refractivity contribution is -0.122. The van der Waals surface area contributed by atoms with Crippen molar-refractivity contribution >= 4 is 11.6 Å². The van der Waals surface area contributed by atoms with Crippen LogP contribution in [0.15, 0.2) is 45.8 Å². The average molecular weight is 394 g/mol. The molecule has 150 valence electrons. The Hall–Kier alpha value is -3.49. The van der Waals surface area contributed by atoms with Crippen LogP contribution in [0.4, 0.5) is 5.69 Å². The Balaban J connectivity index is 1.37. The molecule has 1 amide bonds. The highest BCUT2D eigenvalue weighted by atomic mass is 16.5. The van der Waals surface area contributed by atoms with Crippen LogP contribution in [0.25, 0.3) is 0 Å². The third-order valence-electron chi connectivity index (χ3n) is 4.91. The summed E-state index contributed by atoms with van der Waals surface area (Å²) >= 11 is 0. The Morgan fingerprint density at radius 3 is 2.86 bits per heavy atom. The van der Waals surface area contributed by atoms with Crippen molar-refractivity contribution in [3.8, 4) is 0 Å². The van der Waals surface area contributed by atoms with Gasteiger partial charge < -0.3 is 14.7 Å². The first-order valence-corrected chi connectivity index (χ1v) is 9.59. The van der Waals surface area contributed by atoms with Crippen LogP contribution in [0, 0.1) is 0 Å². The molecule has 9 heteroatoms. The van der Waals surface area contributed by atoms with Gasteiger partial charge in [-0.2, -0.15) is 10.1 Å². The molecule has 0 fully saturated rings. The number of carbonyl (C=O) groups is 1. The molecule has 0 unspecified atom stereocenters. The van der Waals surface area contributed by atoms with Crippen LogP contribution in [-0.4, -0.2) is 32.4 Å². The largest absolute Gasteiger partial charge is 0.365 e. The van der Waals surface area contributed by atoms with Gasteiger partial charge in [-0.05, 0) is 17.5 Å². The molecule has 0 spiro atoms. The molecule has 1 aliphatic rings. The van der Waals surface area contributed by atoms with Crippen molar-refractivity contribution in [2.24, 2.45) is 0 Å². The number of carbonyl (C=O) groups excluding carboxylic acids is 1. The Morgan fingerprint density at radius 1 is 1.28 bits per heavy atom. The lowest BCUT2D eigenvalue weighted by atomic mass is 10.00. The molecular weight excluding hydrogens is 372 g/mol. The van der Waals surface area contributed by atoms with Crippen LogP contribution in [0.1, 0.15) is 29.8 Å². The first kappa shape index (κ1) is 18.9. The SMILES string of the molecule is CCc1noc(CNC(=O)Cn2ncc(N3CCc4ccccc4C3)cc2=O)n1. The third-order valence-corrected chi connectivity index (χ3v) is 4.91. The van der Waals surface area contributed by atoms with Gasteiger partial charge >= 0.3 is 0 Å². The molecular formula is C20H22N6O3. The van der Waals surface area contributed by atoms with E-state index in [1.54, 1.807) is 6.20 Å². The van der Waals surface area contributed by atoms with E-state index in [-0.39, 0.29) is 24.6 Å². The average Bonchev–Trinajstić information content (AvgIpc) is 3.21. The van der Waals surface area contributed by atoms with Crippen molar-refractivity contribution < 1.29 is 9.32 Å². The fourth-order valence-electron chi connectivity index (χ4n) is 3.30. The number of nitrogens with one attached hydrogen (secondary N) is 1. The van der Waals surface area contributed by atoms with Gasteiger partial charge in [0.1, 0.15) is 6.54 Å². The number of amides is 1. The predicted molar refractivity (Wildman–Crippen MR) is 105 cm³/mol. The second-order valence-corrected chi connectivity index (χ2v) is 6.88. The molecule has 0 radical (unpaired) electrons. The highest BCUT2D eigenvalue weighted by Crippen LogP contribution is 2.22. The fraction of sp³-hybridized carbons (Fsp3) is 0.350. The summed E-state index contributed by atoms with van der Waals surface area (Å²) in [5, 5.41) is 10.6. The Kier molecular flexibility index (Phi) is 5.37. The molecule has 4 rings (SSSR count). The summed E-state index contributed by atoms with van der Waals surface area (Å²) in [4.78, 5) is 30.8. The lowest BCUT2D eigenvalue weighted by Crippen LogP contribution is -2.35. The number of fused-ring (bicyclic) bond motifs is 1. The van der Waals surface area contributed by atoms with Gasteiger partial charge in [-0.15, -0.1) is 0 Å². The molecule has 1 N–H and O–H groups in total. The summed E-state index contributed by atoms with van der Waals surface area (Å²) in [6, 6.07) is 9.84. The van der Waals surface area contributed by atoms with E-state index < -0.39 is 0 Å². The molecule has 3 aromatic rings. The summed E-state index contributed by atoms with van der Waals surface area (Å²) < 4.78 is 6.16. The van der Waals surface area contributed by atoms with Crippen LogP contribution in [-0.2, 0) is 37.3 Å². The maximum atomic E-state index is 12.4. The van der Waals surface area contributed by atoms with Gasteiger partial charge in [0.2, 0.25) is 11.8 Å². The Labute approximate surface area is 167 Å². The molecule has 29 heavy (non-hydrogen) atoms. The van der Waals surface area contributed by atoms with E-state index in [0.717, 1.165) is 29.9 Å². The van der Waals surface area contributed by atoms with E-state index >= 15 is 0 Å². The predicted octanol–water partition coefficient (Wildman–Crippen LogP) is 1.07. The van der Waals surface area contributed by atoms with Gasteiger partial charge in [-0.25, -0.2) is 4.68 Å². The molecule has 0 saturated heterocycles. The van der Waals surface area contributed by atoms with Crippen molar-refractivity contribution in [2.45, 2.75) is 39.4 Å². The van der Waals surface area contributed by atoms with E-state index in [4.69, 9.17) is 4.52 Å². The van der Waals surface area contributed by atoms with E-state index in [2.05, 4.69) is 37.6 Å². The molecule has 1 aliphatic heterocycles. The number of hydrogen-bond donors (Lipinski definition) is 1. The van der Waals surface area contributed by atoms with Crippen LogP contribution >= 0.6 is 0 Å². The summed E-state index contributed by atoms with van der Waals surface area (Å²) in [5.74, 6) is 0.565. The molecule has 0 bridgehead atoms. The van der Waals surface area contributed by atoms with E-state index in [9.17, 15) is 9.59 Å². The van der Waals surface area contributed by atoms with Crippen LogP contribution in [0.2, 0.25) is 0 Å². The highest BCUT2D eigenvalue weighted by Gasteiger charge is 2.17. The number of rotatable bonds is 6. The van der Waals surface area contributed by atoms with Crippen LogP contribution in [0.3, 0.4) is 0 Å². The van der Waals surface area contributed by atoms with Crippen molar-refractivity contribution in [3.05, 3.63) is 69.7 Å². The maximum Gasteiger partial charge on any atom is 0.269 e. The van der Waals surface area contributed by atoms with Crippen molar-refractivity contribution in [2.75, 3.05) is 11.4 Å².